The van der Waals surface area contributed by atoms with Crippen LogP contribution >= 0.6 is 0 Å². The summed E-state index contributed by atoms with van der Waals surface area (Å²) in [4.78, 5) is 29.9. The number of Topliss-reactive ketones (excluding diaryl/α,β-unsaturated/α-hetero) is 1. The molecule has 3 heterocycles. The fraction of sp³-hybridized carbons (Fsp3) is 0.231. The molecule has 0 unspecified atom stereocenters. The van der Waals surface area contributed by atoms with Crippen molar-refractivity contribution in [2.75, 3.05) is 12.0 Å². The normalized spacial score (nSPS) is 17.5. The van der Waals surface area contributed by atoms with E-state index >= 15 is 0 Å². The number of ether oxygens (including phenoxy) is 1. The molecule has 11 heteroatoms. The van der Waals surface area contributed by atoms with Crippen molar-refractivity contribution in [2.45, 2.75) is 31.7 Å². The second kappa shape index (κ2) is 9.58. The molecule has 1 aromatic carbocycles. The molecule has 5 rings (SSSR count). The van der Waals surface area contributed by atoms with Gasteiger partial charge >= 0.3 is 5.69 Å². The van der Waals surface area contributed by atoms with E-state index in [4.69, 9.17) is 10.5 Å². The number of pyridine rings is 1. The Labute approximate surface area is 212 Å². The number of nitro groups is 1. The van der Waals surface area contributed by atoms with Crippen molar-refractivity contribution in [3.8, 4) is 11.8 Å². The first kappa shape index (κ1) is 23.7. The van der Waals surface area contributed by atoms with Gasteiger partial charge in [-0.05, 0) is 42.7 Å². The van der Waals surface area contributed by atoms with Crippen molar-refractivity contribution in [3.63, 3.8) is 0 Å². The van der Waals surface area contributed by atoms with E-state index in [1.807, 2.05) is 18.2 Å². The molecule has 0 amide bonds. The van der Waals surface area contributed by atoms with Crippen molar-refractivity contribution in [1.29, 1.82) is 5.26 Å². The van der Waals surface area contributed by atoms with Crippen LogP contribution in [0.5, 0.6) is 5.75 Å². The minimum Gasteiger partial charge on any atom is -0.496 e. The summed E-state index contributed by atoms with van der Waals surface area (Å²) in [5.74, 6) is 0.126. The number of hydrogen-bond acceptors (Lipinski definition) is 9. The van der Waals surface area contributed by atoms with Crippen molar-refractivity contribution in [1.82, 2.24) is 14.8 Å². The van der Waals surface area contributed by atoms with Gasteiger partial charge in [-0.25, -0.2) is 0 Å². The molecule has 1 aliphatic heterocycles. The Balaban J connectivity index is 1.64. The Morgan fingerprint density at radius 2 is 2.14 bits per heavy atom. The molecule has 3 aromatic rings. The van der Waals surface area contributed by atoms with E-state index in [9.17, 15) is 20.2 Å². The topological polar surface area (TPSA) is 153 Å². The van der Waals surface area contributed by atoms with E-state index in [0.29, 0.717) is 47.4 Å². The van der Waals surface area contributed by atoms with Crippen LogP contribution in [0.25, 0.3) is 0 Å². The molecule has 186 valence electrons. The molecule has 1 aliphatic carbocycles. The summed E-state index contributed by atoms with van der Waals surface area (Å²) < 4.78 is 6.96. The molecule has 0 saturated heterocycles. The third kappa shape index (κ3) is 4.18. The number of benzene rings is 1. The molecule has 0 radical (unpaired) electrons. The van der Waals surface area contributed by atoms with E-state index in [2.05, 4.69) is 16.2 Å². The highest BCUT2D eigenvalue weighted by molar-refractivity contribution is 6.01. The maximum atomic E-state index is 13.3. The lowest BCUT2D eigenvalue weighted by Gasteiger charge is -2.39. The van der Waals surface area contributed by atoms with Crippen LogP contribution in [-0.4, -0.2) is 32.6 Å². The van der Waals surface area contributed by atoms with Crippen LogP contribution in [0.3, 0.4) is 0 Å². The van der Waals surface area contributed by atoms with Crippen molar-refractivity contribution in [2.24, 2.45) is 5.73 Å². The zero-order valence-electron chi connectivity index (χ0n) is 20.0. The van der Waals surface area contributed by atoms with Gasteiger partial charge in [0, 0.05) is 29.5 Å². The van der Waals surface area contributed by atoms with E-state index in [1.54, 1.807) is 29.4 Å². The summed E-state index contributed by atoms with van der Waals surface area (Å²) >= 11 is 0. The number of carbonyl (C=O) groups is 1. The third-order valence-corrected chi connectivity index (χ3v) is 6.62. The minimum atomic E-state index is -0.655. The van der Waals surface area contributed by atoms with Crippen LogP contribution < -0.4 is 15.4 Å². The maximum absolute atomic E-state index is 13.3. The first-order valence-electron chi connectivity index (χ1n) is 11.6. The molecule has 0 saturated carbocycles. The predicted molar refractivity (Wildman–Crippen MR) is 133 cm³/mol. The van der Waals surface area contributed by atoms with Gasteiger partial charge < -0.3 is 10.5 Å². The van der Waals surface area contributed by atoms with E-state index in [1.165, 1.54) is 24.2 Å². The summed E-state index contributed by atoms with van der Waals surface area (Å²) in [6, 6.07) is 11.3. The standard InChI is InChI=1S/C26H23N7O4/c1-37-23-8-7-16(10-17(23)14-31-15-19(13-30-31)33(35)36)24-20(11-27)26(28)32(18-4-3-9-29-12-18)21-5-2-6-22(34)25(21)24/h3-4,7-10,12-13,15,24H,2,5-6,14,28H2,1H3/t24-/m0/s1. The first-order chi connectivity index (χ1) is 17.9. The van der Waals surface area contributed by atoms with Gasteiger partial charge in [0.25, 0.3) is 0 Å². The van der Waals surface area contributed by atoms with Gasteiger partial charge in [-0.1, -0.05) is 6.07 Å². The minimum absolute atomic E-state index is 0.0274. The van der Waals surface area contributed by atoms with Crippen LogP contribution in [0.2, 0.25) is 0 Å². The third-order valence-electron chi connectivity index (χ3n) is 6.62. The molecule has 2 aliphatic rings. The highest BCUT2D eigenvalue weighted by Gasteiger charge is 2.40. The summed E-state index contributed by atoms with van der Waals surface area (Å²) in [6.07, 6.45) is 7.52. The molecule has 0 spiro atoms. The van der Waals surface area contributed by atoms with Crippen LogP contribution in [-0.2, 0) is 11.3 Å². The van der Waals surface area contributed by atoms with Gasteiger partial charge in [-0.3, -0.25) is 29.5 Å². The fourth-order valence-electron chi connectivity index (χ4n) is 5.01. The van der Waals surface area contributed by atoms with E-state index in [0.717, 1.165) is 5.70 Å². The highest BCUT2D eigenvalue weighted by atomic mass is 16.6. The number of ketones is 1. The van der Waals surface area contributed by atoms with Gasteiger partial charge in [0.2, 0.25) is 0 Å². The summed E-state index contributed by atoms with van der Waals surface area (Å²) in [7, 11) is 1.53. The number of methoxy groups -OCH3 is 1. The lowest BCUT2D eigenvalue weighted by molar-refractivity contribution is -0.385. The second-order valence-electron chi connectivity index (χ2n) is 8.75. The lowest BCUT2D eigenvalue weighted by Crippen LogP contribution is -2.38. The van der Waals surface area contributed by atoms with Gasteiger partial charge in [0.15, 0.2) is 5.78 Å². The lowest BCUT2D eigenvalue weighted by atomic mass is 9.75. The smallest absolute Gasteiger partial charge is 0.307 e. The summed E-state index contributed by atoms with van der Waals surface area (Å²) in [5.41, 5.74) is 10.1. The van der Waals surface area contributed by atoms with Crippen LogP contribution in [0.1, 0.15) is 36.3 Å². The zero-order valence-corrected chi connectivity index (χ0v) is 20.0. The Kier molecular flexibility index (Phi) is 6.15. The number of anilines is 1. The number of aromatic nitrogens is 3. The molecule has 37 heavy (non-hydrogen) atoms. The Morgan fingerprint density at radius 1 is 1.30 bits per heavy atom. The van der Waals surface area contributed by atoms with Crippen LogP contribution in [0.4, 0.5) is 11.4 Å². The first-order valence-corrected chi connectivity index (χ1v) is 11.6. The zero-order chi connectivity index (χ0) is 26.1. The number of rotatable bonds is 6. The highest BCUT2D eigenvalue weighted by Crippen LogP contribution is 2.46. The van der Waals surface area contributed by atoms with Crippen molar-refractivity contribution < 1.29 is 14.5 Å². The second-order valence-corrected chi connectivity index (χ2v) is 8.75. The molecule has 0 fully saturated rings. The summed E-state index contributed by atoms with van der Waals surface area (Å²) in [6.45, 7) is 0.195. The average molecular weight is 498 g/mol. The molecule has 1 atom stereocenters. The largest absolute Gasteiger partial charge is 0.496 e. The van der Waals surface area contributed by atoms with Crippen LogP contribution in [0.15, 0.2) is 77.8 Å². The Bertz CT molecular complexity index is 1500. The van der Waals surface area contributed by atoms with Gasteiger partial charge in [-0.15, -0.1) is 0 Å². The molecule has 11 nitrogen and oxygen atoms in total. The number of nitrogens with two attached hydrogens (primary N) is 1. The predicted octanol–water partition coefficient (Wildman–Crippen LogP) is 3.55. The van der Waals surface area contributed by atoms with Gasteiger partial charge in [-0.2, -0.15) is 10.4 Å². The van der Waals surface area contributed by atoms with Crippen molar-refractivity contribution in [3.05, 3.63) is 99.0 Å². The molecule has 0 bridgehead atoms. The number of hydrogen-bond donors (Lipinski definition) is 1. The van der Waals surface area contributed by atoms with Crippen LogP contribution in [0, 0.1) is 21.4 Å². The molecular weight excluding hydrogens is 474 g/mol. The number of carbonyl (C=O) groups excluding carboxylic acids is 1. The molecular formula is C26H23N7O4. The monoisotopic (exact) mass is 497 g/mol. The molecule has 2 N–H and O–H groups in total. The summed E-state index contributed by atoms with van der Waals surface area (Å²) in [5, 5.41) is 25.4. The quantitative estimate of drug-likeness (QED) is 0.398. The number of nitrogens with zero attached hydrogens (tertiary/aromatic N) is 6. The fourth-order valence-corrected chi connectivity index (χ4v) is 5.01. The van der Waals surface area contributed by atoms with Gasteiger partial charge in [0.05, 0.1) is 48.0 Å². The van der Waals surface area contributed by atoms with E-state index in [-0.39, 0.29) is 29.4 Å². The Morgan fingerprint density at radius 3 is 2.81 bits per heavy atom. The Hall–Kier alpha value is -4.98. The maximum Gasteiger partial charge on any atom is 0.307 e. The van der Waals surface area contributed by atoms with Gasteiger partial charge in [0.1, 0.15) is 24.0 Å². The number of nitriles is 1. The van der Waals surface area contributed by atoms with Crippen molar-refractivity contribution >= 4 is 17.2 Å². The number of allylic oxidation sites excluding steroid dienone is 3. The average Bonchev–Trinajstić information content (AvgIpc) is 3.37. The van der Waals surface area contributed by atoms with E-state index < -0.39 is 10.8 Å². The SMILES string of the molecule is COc1ccc([C@H]2C(C#N)=C(N)N(c3cccnc3)C3=C2C(=O)CCC3)cc1Cn1cc([N+](=O)[O-])cn1. The molecule has 2 aromatic heterocycles.